The van der Waals surface area contributed by atoms with Crippen LogP contribution in [0.15, 0.2) is 53.4 Å². The number of halogens is 1. The van der Waals surface area contributed by atoms with E-state index in [-0.39, 0.29) is 17.3 Å². The normalized spacial score (nSPS) is 15.6. The Morgan fingerprint density at radius 1 is 1.04 bits per heavy atom. The first-order chi connectivity index (χ1) is 12.5. The van der Waals surface area contributed by atoms with Crippen molar-refractivity contribution >= 4 is 27.5 Å². The number of rotatable bonds is 5. The second kappa shape index (κ2) is 8.20. The highest BCUT2D eigenvalue weighted by Crippen LogP contribution is 2.23. The molecular weight excluding hydrogens is 372 g/mol. The van der Waals surface area contributed by atoms with Crippen molar-refractivity contribution in [1.82, 2.24) is 9.62 Å². The van der Waals surface area contributed by atoms with Gasteiger partial charge in [-0.2, -0.15) is 4.31 Å². The molecule has 1 fully saturated rings. The van der Waals surface area contributed by atoms with E-state index in [1.807, 2.05) is 0 Å². The minimum atomic E-state index is -3.55. The van der Waals surface area contributed by atoms with Crippen LogP contribution in [0.3, 0.4) is 0 Å². The number of piperidine rings is 1. The molecule has 0 unspecified atom stereocenters. The number of benzene rings is 2. The standard InChI is InChI=1S/C19H21ClN2O3S/c20-17-9-6-8-15(13-17)19(23)21-14-16-7-2-3-10-18(16)26(24,25)22-11-4-1-5-12-22/h2-3,6-10,13H,1,4-5,11-12,14H2,(H,21,23). The van der Waals surface area contributed by atoms with Crippen LogP contribution in [-0.2, 0) is 16.6 Å². The molecule has 0 saturated carbocycles. The maximum Gasteiger partial charge on any atom is 0.251 e. The summed E-state index contributed by atoms with van der Waals surface area (Å²) < 4.78 is 27.5. The highest BCUT2D eigenvalue weighted by molar-refractivity contribution is 7.89. The first-order valence-electron chi connectivity index (χ1n) is 8.60. The summed E-state index contributed by atoms with van der Waals surface area (Å²) in [7, 11) is -3.55. The smallest absolute Gasteiger partial charge is 0.251 e. The van der Waals surface area contributed by atoms with Gasteiger partial charge in [-0.25, -0.2) is 8.42 Å². The van der Waals surface area contributed by atoms with Crippen molar-refractivity contribution in [2.45, 2.75) is 30.7 Å². The molecule has 1 aliphatic rings. The molecule has 7 heteroatoms. The van der Waals surface area contributed by atoms with Gasteiger partial charge in [-0.3, -0.25) is 4.79 Å². The van der Waals surface area contributed by atoms with Crippen LogP contribution < -0.4 is 5.32 Å². The Hall–Kier alpha value is -1.89. The topological polar surface area (TPSA) is 66.5 Å². The van der Waals surface area contributed by atoms with E-state index < -0.39 is 10.0 Å². The molecule has 2 aromatic carbocycles. The van der Waals surface area contributed by atoms with E-state index in [0.717, 1.165) is 19.3 Å². The van der Waals surface area contributed by atoms with Crippen molar-refractivity contribution in [2.75, 3.05) is 13.1 Å². The van der Waals surface area contributed by atoms with E-state index in [4.69, 9.17) is 11.6 Å². The predicted molar refractivity (Wildman–Crippen MR) is 102 cm³/mol. The Bertz CT molecular complexity index is 893. The lowest BCUT2D eigenvalue weighted by Gasteiger charge is -2.26. The lowest BCUT2D eigenvalue weighted by atomic mass is 10.2. The van der Waals surface area contributed by atoms with Crippen LogP contribution >= 0.6 is 11.6 Å². The van der Waals surface area contributed by atoms with E-state index in [1.54, 1.807) is 48.5 Å². The summed E-state index contributed by atoms with van der Waals surface area (Å²) in [6.45, 7) is 1.23. The van der Waals surface area contributed by atoms with Gasteiger partial charge in [0.15, 0.2) is 0 Å². The minimum absolute atomic E-state index is 0.134. The summed E-state index contributed by atoms with van der Waals surface area (Å²) in [5.74, 6) is -0.294. The average molecular weight is 393 g/mol. The van der Waals surface area contributed by atoms with Gasteiger partial charge < -0.3 is 5.32 Å². The van der Waals surface area contributed by atoms with Crippen LogP contribution in [-0.4, -0.2) is 31.7 Å². The Labute approximate surface area is 159 Å². The van der Waals surface area contributed by atoms with Gasteiger partial charge in [-0.1, -0.05) is 42.3 Å². The summed E-state index contributed by atoms with van der Waals surface area (Å²) in [6.07, 6.45) is 2.82. The fourth-order valence-corrected chi connectivity index (χ4v) is 4.98. The quantitative estimate of drug-likeness (QED) is 0.847. The summed E-state index contributed by atoms with van der Waals surface area (Å²) in [4.78, 5) is 12.6. The van der Waals surface area contributed by atoms with Crippen LogP contribution in [0.5, 0.6) is 0 Å². The molecule has 0 bridgehead atoms. The summed E-state index contributed by atoms with van der Waals surface area (Å²) in [5.41, 5.74) is 1.02. The summed E-state index contributed by atoms with van der Waals surface area (Å²) >= 11 is 5.91. The van der Waals surface area contributed by atoms with E-state index in [9.17, 15) is 13.2 Å². The van der Waals surface area contributed by atoms with Crippen LogP contribution in [0.1, 0.15) is 35.2 Å². The van der Waals surface area contributed by atoms with Gasteiger partial charge in [-0.15, -0.1) is 0 Å². The first-order valence-corrected chi connectivity index (χ1v) is 10.4. The molecule has 26 heavy (non-hydrogen) atoms. The van der Waals surface area contributed by atoms with Gasteiger partial charge in [0.25, 0.3) is 5.91 Å². The SMILES string of the molecule is O=C(NCc1ccccc1S(=O)(=O)N1CCCCC1)c1cccc(Cl)c1. The number of carbonyl (C=O) groups is 1. The molecule has 3 rings (SSSR count). The Kier molecular flexibility index (Phi) is 5.96. The zero-order valence-electron chi connectivity index (χ0n) is 14.3. The molecule has 1 saturated heterocycles. The molecule has 0 radical (unpaired) electrons. The third-order valence-corrected chi connectivity index (χ3v) is 6.67. The van der Waals surface area contributed by atoms with Crippen LogP contribution in [0.25, 0.3) is 0 Å². The molecule has 0 aromatic heterocycles. The van der Waals surface area contributed by atoms with Crippen molar-refractivity contribution < 1.29 is 13.2 Å². The molecule has 1 amide bonds. The number of amides is 1. The fraction of sp³-hybridized carbons (Fsp3) is 0.316. The molecule has 1 N–H and O–H groups in total. The lowest BCUT2D eigenvalue weighted by Crippen LogP contribution is -2.36. The van der Waals surface area contributed by atoms with E-state index in [2.05, 4.69) is 5.32 Å². The molecule has 5 nitrogen and oxygen atoms in total. The largest absolute Gasteiger partial charge is 0.348 e. The van der Waals surface area contributed by atoms with Crippen molar-refractivity contribution in [1.29, 1.82) is 0 Å². The van der Waals surface area contributed by atoms with Crippen molar-refractivity contribution in [3.05, 3.63) is 64.7 Å². The number of hydrogen-bond donors (Lipinski definition) is 1. The number of carbonyl (C=O) groups excluding carboxylic acids is 1. The minimum Gasteiger partial charge on any atom is -0.348 e. The number of nitrogens with zero attached hydrogens (tertiary/aromatic N) is 1. The predicted octanol–water partition coefficient (Wildman–Crippen LogP) is 3.44. The number of nitrogens with one attached hydrogen (secondary N) is 1. The molecule has 0 spiro atoms. The number of sulfonamides is 1. The van der Waals surface area contributed by atoms with Crippen molar-refractivity contribution in [3.63, 3.8) is 0 Å². The molecule has 1 aliphatic heterocycles. The van der Waals surface area contributed by atoms with E-state index >= 15 is 0 Å². The van der Waals surface area contributed by atoms with E-state index in [1.165, 1.54) is 4.31 Å². The first kappa shape index (κ1) is 18.9. The highest BCUT2D eigenvalue weighted by atomic mass is 35.5. The van der Waals surface area contributed by atoms with Gasteiger partial charge >= 0.3 is 0 Å². The Morgan fingerprint density at radius 2 is 1.77 bits per heavy atom. The fourth-order valence-electron chi connectivity index (χ4n) is 3.05. The molecular formula is C19H21ClN2O3S. The van der Waals surface area contributed by atoms with Crippen LogP contribution in [0.4, 0.5) is 0 Å². The van der Waals surface area contributed by atoms with Gasteiger partial charge in [0.1, 0.15) is 0 Å². The average Bonchev–Trinajstić information content (AvgIpc) is 2.67. The molecule has 138 valence electrons. The van der Waals surface area contributed by atoms with Crippen molar-refractivity contribution in [3.8, 4) is 0 Å². The monoisotopic (exact) mass is 392 g/mol. The number of hydrogen-bond acceptors (Lipinski definition) is 3. The zero-order valence-corrected chi connectivity index (χ0v) is 15.9. The van der Waals surface area contributed by atoms with E-state index in [0.29, 0.717) is 29.2 Å². The third-order valence-electron chi connectivity index (χ3n) is 4.43. The van der Waals surface area contributed by atoms with Gasteiger partial charge in [-0.05, 0) is 42.7 Å². The molecule has 2 aromatic rings. The van der Waals surface area contributed by atoms with Crippen LogP contribution in [0, 0.1) is 0 Å². The summed E-state index contributed by atoms with van der Waals surface area (Å²) in [5, 5.41) is 3.25. The highest BCUT2D eigenvalue weighted by Gasteiger charge is 2.27. The zero-order chi connectivity index (χ0) is 18.6. The second-order valence-corrected chi connectivity index (χ2v) is 8.61. The lowest BCUT2D eigenvalue weighted by molar-refractivity contribution is 0.0950. The Balaban J connectivity index is 1.78. The van der Waals surface area contributed by atoms with Gasteiger partial charge in [0, 0.05) is 30.2 Å². The summed E-state index contributed by atoms with van der Waals surface area (Å²) in [6, 6.07) is 13.4. The van der Waals surface area contributed by atoms with Gasteiger partial charge in [0.05, 0.1) is 4.90 Å². The molecule has 0 aliphatic carbocycles. The third kappa shape index (κ3) is 4.26. The maximum atomic E-state index is 13.0. The molecule has 1 heterocycles. The molecule has 0 atom stereocenters. The van der Waals surface area contributed by atoms with Gasteiger partial charge in [0.2, 0.25) is 10.0 Å². The second-order valence-electron chi connectivity index (χ2n) is 6.27. The van der Waals surface area contributed by atoms with Crippen LogP contribution in [0.2, 0.25) is 5.02 Å². The maximum absolute atomic E-state index is 13.0. The Morgan fingerprint density at radius 3 is 2.50 bits per heavy atom. The van der Waals surface area contributed by atoms with Crippen molar-refractivity contribution in [2.24, 2.45) is 0 Å².